The predicted octanol–water partition coefficient (Wildman–Crippen LogP) is 13.4. The van der Waals surface area contributed by atoms with Crippen molar-refractivity contribution in [3.05, 3.63) is 12.2 Å². The summed E-state index contributed by atoms with van der Waals surface area (Å²) >= 11 is 0. The van der Waals surface area contributed by atoms with Crippen LogP contribution in [-0.2, 0) is 9.22 Å². The summed E-state index contributed by atoms with van der Waals surface area (Å²) in [5.74, 6) is 0.0582. The summed E-state index contributed by atoms with van der Waals surface area (Å²) in [5, 5.41) is 13.5. The fraction of sp³-hybridized carbons (Fsp3) is 0.929. The van der Waals surface area contributed by atoms with Gasteiger partial charge >= 0.3 is 0 Å². The number of amides is 1. The summed E-state index contributed by atoms with van der Waals surface area (Å²) < 4.78 is 6.86. The van der Waals surface area contributed by atoms with E-state index in [0.29, 0.717) is 6.42 Å². The molecule has 0 bridgehead atoms. The number of hydrogen-bond acceptors (Lipinski definition) is 3. The minimum atomic E-state index is -1.89. The van der Waals surface area contributed by atoms with Crippen molar-refractivity contribution in [3.8, 4) is 0 Å². The lowest BCUT2D eigenvalue weighted by molar-refractivity contribution is -0.122. The van der Waals surface area contributed by atoms with Crippen LogP contribution in [0.5, 0.6) is 0 Å². The van der Waals surface area contributed by atoms with Crippen molar-refractivity contribution in [2.24, 2.45) is 0 Å². The molecule has 0 aromatic heterocycles. The molecule has 4 nitrogen and oxygen atoms in total. The Morgan fingerprint density at radius 2 is 0.936 bits per heavy atom. The third-order valence-corrected chi connectivity index (χ3v) is 15.2. The molecule has 0 saturated heterocycles. The van der Waals surface area contributed by atoms with Gasteiger partial charge in [0.25, 0.3) is 0 Å². The highest BCUT2D eigenvalue weighted by Gasteiger charge is 2.34. The van der Waals surface area contributed by atoms with Gasteiger partial charge in [-0.05, 0) is 37.4 Å². The van der Waals surface area contributed by atoms with Crippen molar-refractivity contribution in [2.45, 2.75) is 245 Å². The van der Waals surface area contributed by atoms with E-state index in [1.54, 1.807) is 0 Å². The first-order valence-corrected chi connectivity index (χ1v) is 23.8. The monoisotopic (exact) mass is 680 g/mol. The Labute approximate surface area is 296 Å². The Bertz CT molecular complexity index is 673. The second-order valence-corrected chi connectivity index (χ2v) is 19.4. The van der Waals surface area contributed by atoms with Gasteiger partial charge in [-0.3, -0.25) is 4.79 Å². The van der Waals surface area contributed by atoms with Crippen molar-refractivity contribution < 1.29 is 14.3 Å². The summed E-state index contributed by atoms with van der Waals surface area (Å²) in [6.07, 6.45) is 40.5. The van der Waals surface area contributed by atoms with Crippen LogP contribution in [-0.4, -0.2) is 38.1 Å². The van der Waals surface area contributed by atoms with Gasteiger partial charge in [0.1, 0.15) is 0 Å². The third kappa shape index (κ3) is 27.8. The van der Waals surface area contributed by atoms with Crippen LogP contribution >= 0.6 is 0 Å². The molecule has 0 aliphatic carbocycles. The summed E-state index contributed by atoms with van der Waals surface area (Å²) in [6, 6.07) is 2.82. The molecule has 0 aliphatic heterocycles. The van der Waals surface area contributed by atoms with Crippen molar-refractivity contribution in [1.82, 2.24) is 5.32 Å². The molecule has 2 atom stereocenters. The second kappa shape index (κ2) is 35.2. The molecule has 0 fully saturated rings. The van der Waals surface area contributed by atoms with Gasteiger partial charge in [-0.25, -0.2) is 0 Å². The van der Waals surface area contributed by atoms with Crippen LogP contribution in [0, 0.1) is 0 Å². The van der Waals surface area contributed by atoms with Crippen LogP contribution < -0.4 is 5.32 Å². The number of hydrogen-bond donors (Lipinski definition) is 2. The van der Waals surface area contributed by atoms with Crippen LogP contribution in [0.1, 0.15) is 214 Å². The van der Waals surface area contributed by atoms with E-state index in [0.717, 1.165) is 37.4 Å². The SMILES string of the molecule is CCCCCCCCCCCCC/C=C/[C@@H](O[Si](CC)(CC)CC)[C@H](CO)NC(=O)CCCCCCCCCCCCCCCCC. The van der Waals surface area contributed by atoms with Crippen LogP contribution in [0.25, 0.3) is 0 Å². The lowest BCUT2D eigenvalue weighted by Crippen LogP contribution is -2.51. The topological polar surface area (TPSA) is 58.6 Å². The summed E-state index contributed by atoms with van der Waals surface area (Å²) in [4.78, 5) is 12.9. The van der Waals surface area contributed by atoms with E-state index in [2.05, 4.69) is 52.1 Å². The number of carbonyl (C=O) groups excluding carboxylic acids is 1. The molecule has 0 radical (unpaired) electrons. The predicted molar refractivity (Wildman–Crippen MR) is 211 cm³/mol. The Kier molecular flexibility index (Phi) is 34.7. The maximum absolute atomic E-state index is 12.9. The number of aliphatic hydroxyl groups is 1. The van der Waals surface area contributed by atoms with Gasteiger partial charge in [0.05, 0.1) is 18.8 Å². The lowest BCUT2D eigenvalue weighted by Gasteiger charge is -2.35. The van der Waals surface area contributed by atoms with E-state index in [9.17, 15) is 9.90 Å². The Morgan fingerprint density at radius 1 is 0.574 bits per heavy atom. The smallest absolute Gasteiger partial charge is 0.220 e. The molecule has 2 N–H and O–H groups in total. The molecule has 0 aliphatic rings. The van der Waals surface area contributed by atoms with E-state index in [1.165, 1.54) is 154 Å². The van der Waals surface area contributed by atoms with Gasteiger partial charge in [-0.15, -0.1) is 0 Å². The average molecular weight is 680 g/mol. The van der Waals surface area contributed by atoms with Crippen LogP contribution in [0.3, 0.4) is 0 Å². The van der Waals surface area contributed by atoms with Gasteiger partial charge in [0, 0.05) is 6.42 Å². The highest BCUT2D eigenvalue weighted by molar-refractivity contribution is 6.73. The standard InChI is InChI=1S/C42H85NO3Si/c1-6-11-13-15-17-19-21-23-24-26-28-30-32-34-36-38-42(45)43-40(39-44)41(46-47(8-3,9-4)10-5)37-35-33-31-29-27-25-22-20-18-16-14-12-7-2/h35,37,40-41,44H,6-34,36,38-39H2,1-5H3,(H,43,45)/b37-35+/t40-,41+/m0/s1. The highest BCUT2D eigenvalue weighted by Crippen LogP contribution is 2.25. The number of allylic oxidation sites excluding steroid dienone is 1. The minimum Gasteiger partial charge on any atom is -0.408 e. The second-order valence-electron chi connectivity index (χ2n) is 14.6. The number of aliphatic hydroxyl groups excluding tert-OH is 1. The van der Waals surface area contributed by atoms with E-state index in [4.69, 9.17) is 4.43 Å². The minimum absolute atomic E-state index is 0.0582. The highest BCUT2D eigenvalue weighted by atomic mass is 28.4. The zero-order valence-electron chi connectivity index (χ0n) is 32.7. The lowest BCUT2D eigenvalue weighted by atomic mass is 10.0. The largest absolute Gasteiger partial charge is 0.408 e. The molecule has 5 heteroatoms. The number of rotatable bonds is 37. The Hall–Kier alpha value is -0.653. The van der Waals surface area contributed by atoms with Gasteiger partial charge in [-0.2, -0.15) is 0 Å². The maximum Gasteiger partial charge on any atom is 0.220 e. The van der Waals surface area contributed by atoms with E-state index in [-0.39, 0.29) is 24.7 Å². The van der Waals surface area contributed by atoms with Crippen LogP contribution in [0.4, 0.5) is 0 Å². The third-order valence-electron chi connectivity index (χ3n) is 10.6. The van der Waals surface area contributed by atoms with E-state index in [1.807, 2.05) is 0 Å². The van der Waals surface area contributed by atoms with Crippen molar-refractivity contribution in [2.75, 3.05) is 6.61 Å². The first kappa shape index (κ1) is 46.3. The zero-order valence-corrected chi connectivity index (χ0v) is 33.7. The fourth-order valence-corrected chi connectivity index (χ4v) is 9.69. The number of carbonyl (C=O) groups is 1. The first-order chi connectivity index (χ1) is 23.0. The van der Waals surface area contributed by atoms with Crippen LogP contribution in [0.2, 0.25) is 18.1 Å². The molecule has 0 rings (SSSR count). The molecule has 0 saturated carbocycles. The number of nitrogens with one attached hydrogen (secondary N) is 1. The quantitative estimate of drug-likeness (QED) is 0.0390. The van der Waals surface area contributed by atoms with Gasteiger partial charge in [0.15, 0.2) is 8.32 Å². The molecular weight excluding hydrogens is 595 g/mol. The molecule has 0 heterocycles. The number of unbranched alkanes of at least 4 members (excludes halogenated alkanes) is 25. The Morgan fingerprint density at radius 3 is 1.30 bits per heavy atom. The van der Waals surface area contributed by atoms with Gasteiger partial charge in [-0.1, -0.05) is 201 Å². The molecule has 280 valence electrons. The molecule has 0 aromatic carbocycles. The van der Waals surface area contributed by atoms with Crippen molar-refractivity contribution >= 4 is 14.2 Å². The zero-order chi connectivity index (χ0) is 34.7. The van der Waals surface area contributed by atoms with Gasteiger partial charge < -0.3 is 14.8 Å². The van der Waals surface area contributed by atoms with E-state index >= 15 is 0 Å². The summed E-state index contributed by atoms with van der Waals surface area (Å²) in [6.45, 7) is 11.2. The van der Waals surface area contributed by atoms with Gasteiger partial charge in [0.2, 0.25) is 5.91 Å². The maximum atomic E-state index is 12.9. The molecule has 0 aromatic rings. The Balaban J connectivity index is 4.38. The fourth-order valence-electron chi connectivity index (χ4n) is 6.87. The first-order valence-electron chi connectivity index (χ1n) is 21.3. The normalized spacial score (nSPS) is 13.4. The summed E-state index contributed by atoms with van der Waals surface area (Å²) in [7, 11) is -1.89. The summed E-state index contributed by atoms with van der Waals surface area (Å²) in [5.41, 5.74) is 0. The molecule has 47 heavy (non-hydrogen) atoms. The molecule has 1 amide bonds. The van der Waals surface area contributed by atoms with Crippen molar-refractivity contribution in [1.29, 1.82) is 0 Å². The molecule has 0 unspecified atom stereocenters. The van der Waals surface area contributed by atoms with E-state index < -0.39 is 8.32 Å². The average Bonchev–Trinajstić information content (AvgIpc) is 3.09. The van der Waals surface area contributed by atoms with Crippen molar-refractivity contribution in [3.63, 3.8) is 0 Å². The molecular formula is C42H85NO3Si. The molecule has 0 spiro atoms. The van der Waals surface area contributed by atoms with Crippen LogP contribution in [0.15, 0.2) is 12.2 Å².